The van der Waals surface area contributed by atoms with E-state index in [1.54, 1.807) is 20.8 Å². The van der Waals surface area contributed by atoms with Crippen molar-refractivity contribution in [2.45, 2.75) is 70.8 Å². The Hall–Kier alpha value is 0.135. The first-order chi connectivity index (χ1) is 8.89. The van der Waals surface area contributed by atoms with Crippen LogP contribution in [0.5, 0.6) is 0 Å². The fourth-order valence-electron chi connectivity index (χ4n) is 1.59. The number of methoxy groups -OCH3 is 1. The minimum atomic E-state index is -4.13. The lowest BCUT2D eigenvalue weighted by Crippen LogP contribution is -2.36. The maximum absolute atomic E-state index is 12.2. The molecule has 0 fully saturated rings. The van der Waals surface area contributed by atoms with Gasteiger partial charge in [-0.2, -0.15) is 0 Å². The number of hydrogen-bond acceptors (Lipinski definition) is 4. The van der Waals surface area contributed by atoms with E-state index in [0.29, 0.717) is 12.8 Å². The van der Waals surface area contributed by atoms with Crippen LogP contribution >= 0.6 is 7.60 Å². The molecule has 20 heavy (non-hydrogen) atoms. The van der Waals surface area contributed by atoms with E-state index in [-0.39, 0.29) is 18.3 Å². The van der Waals surface area contributed by atoms with Crippen LogP contribution in [0.4, 0.5) is 0 Å². The summed E-state index contributed by atoms with van der Waals surface area (Å²) < 4.78 is 22.6. The third-order valence-corrected chi connectivity index (χ3v) is 6.26. The summed E-state index contributed by atoms with van der Waals surface area (Å²) in [6, 6.07) is -0.354. The Kier molecular flexibility index (Phi) is 7.46. The van der Waals surface area contributed by atoms with Crippen molar-refractivity contribution < 1.29 is 23.8 Å². The molecule has 0 spiro atoms. The number of aliphatic hydroxyl groups is 1. The molecule has 7 heteroatoms. The van der Waals surface area contributed by atoms with Gasteiger partial charge in [0.2, 0.25) is 0 Å². The molecule has 2 N–H and O–H groups in total. The average Bonchev–Trinajstić information content (AvgIpc) is 2.33. The van der Waals surface area contributed by atoms with Crippen LogP contribution in [0.25, 0.3) is 0 Å². The fourth-order valence-corrected chi connectivity index (χ4v) is 3.00. The van der Waals surface area contributed by atoms with Crippen LogP contribution < -0.4 is 0 Å². The fraction of sp³-hybridized carbons (Fsp3) is 1.00. The second-order valence-electron chi connectivity index (χ2n) is 6.04. The van der Waals surface area contributed by atoms with Gasteiger partial charge in [-0.05, 0) is 46.0 Å². The van der Waals surface area contributed by atoms with Gasteiger partial charge in [0.1, 0.15) is 7.85 Å². The first-order valence-electron chi connectivity index (χ1n) is 6.94. The van der Waals surface area contributed by atoms with E-state index >= 15 is 0 Å². The molecule has 0 saturated carbocycles. The van der Waals surface area contributed by atoms with Gasteiger partial charge in [-0.1, -0.05) is 13.8 Å². The topological polar surface area (TPSA) is 76.0 Å². The molecule has 0 rings (SSSR count). The Morgan fingerprint density at radius 3 is 2.20 bits per heavy atom. The van der Waals surface area contributed by atoms with E-state index < -0.39 is 18.5 Å². The molecule has 0 aromatic heterocycles. The van der Waals surface area contributed by atoms with Gasteiger partial charge < -0.3 is 19.3 Å². The standard InChI is InChI=1S/C13H28BO5P/c1-7-13(5,15)20(16,17)19-12(3,4)10(2)8-9-11(14)18-6/h10-11,15H,7-9H2,1-6H3,(H,16,17). The van der Waals surface area contributed by atoms with Crippen molar-refractivity contribution in [2.24, 2.45) is 5.92 Å². The van der Waals surface area contributed by atoms with Gasteiger partial charge in [-0.3, -0.25) is 4.57 Å². The summed E-state index contributed by atoms with van der Waals surface area (Å²) >= 11 is 0. The molecular formula is C13H28BO5P. The van der Waals surface area contributed by atoms with Crippen molar-refractivity contribution in [3.63, 3.8) is 0 Å². The summed E-state index contributed by atoms with van der Waals surface area (Å²) in [4.78, 5) is 9.98. The molecule has 0 saturated heterocycles. The van der Waals surface area contributed by atoms with Gasteiger partial charge >= 0.3 is 7.60 Å². The lowest BCUT2D eigenvalue weighted by molar-refractivity contribution is 0.00252. The van der Waals surface area contributed by atoms with E-state index in [0.717, 1.165) is 0 Å². The zero-order valence-corrected chi connectivity index (χ0v) is 14.3. The van der Waals surface area contributed by atoms with Crippen LogP contribution in [-0.4, -0.2) is 41.9 Å². The predicted octanol–water partition coefficient (Wildman–Crippen LogP) is 2.64. The highest BCUT2D eigenvalue weighted by Crippen LogP contribution is 2.58. The summed E-state index contributed by atoms with van der Waals surface area (Å²) in [5, 5.41) is 8.23. The van der Waals surface area contributed by atoms with Crippen LogP contribution in [0, 0.1) is 5.92 Å². The monoisotopic (exact) mass is 306 g/mol. The summed E-state index contributed by atoms with van der Waals surface area (Å²) in [6.07, 6.45) is 1.46. The lowest BCUT2D eigenvalue weighted by atomic mass is 9.84. The molecule has 0 bridgehead atoms. The van der Waals surface area contributed by atoms with Crippen molar-refractivity contribution >= 4 is 15.4 Å². The highest BCUT2D eigenvalue weighted by molar-refractivity contribution is 7.54. The van der Waals surface area contributed by atoms with Gasteiger partial charge in [0.05, 0.1) is 5.60 Å². The van der Waals surface area contributed by atoms with Crippen molar-refractivity contribution in [1.29, 1.82) is 0 Å². The van der Waals surface area contributed by atoms with Crippen molar-refractivity contribution in [2.75, 3.05) is 7.11 Å². The SMILES string of the molecule is [B]C(CCC(C)C(C)(C)OP(=O)(O)C(C)(O)CC)OC. The van der Waals surface area contributed by atoms with Crippen molar-refractivity contribution in [3.05, 3.63) is 0 Å². The molecule has 0 heterocycles. The summed E-state index contributed by atoms with van der Waals surface area (Å²) in [6.45, 7) is 8.36. The summed E-state index contributed by atoms with van der Waals surface area (Å²) in [7, 11) is 3.08. The van der Waals surface area contributed by atoms with Crippen LogP contribution in [0.3, 0.4) is 0 Å². The largest absolute Gasteiger partial charge is 0.391 e. The molecule has 5 nitrogen and oxygen atoms in total. The van der Waals surface area contributed by atoms with Crippen LogP contribution in [0.2, 0.25) is 0 Å². The first kappa shape index (κ1) is 20.1. The Bertz CT molecular complexity index is 346. The Morgan fingerprint density at radius 1 is 1.30 bits per heavy atom. The van der Waals surface area contributed by atoms with Crippen LogP contribution in [0.1, 0.15) is 53.9 Å². The van der Waals surface area contributed by atoms with Gasteiger partial charge in [0, 0.05) is 13.1 Å². The number of ether oxygens (including phenoxy) is 1. The van der Waals surface area contributed by atoms with E-state index in [1.807, 2.05) is 6.92 Å². The van der Waals surface area contributed by atoms with E-state index in [2.05, 4.69) is 0 Å². The van der Waals surface area contributed by atoms with Gasteiger partial charge in [0.15, 0.2) is 5.34 Å². The molecule has 0 amide bonds. The summed E-state index contributed by atoms with van der Waals surface area (Å²) in [5.74, 6) is -0.0168. The molecule has 0 aromatic rings. The van der Waals surface area contributed by atoms with Gasteiger partial charge in [-0.15, -0.1) is 0 Å². The zero-order chi connectivity index (χ0) is 16.2. The number of hydrogen-bond donors (Lipinski definition) is 2. The smallest absolute Gasteiger partial charge is 0.359 e. The molecule has 118 valence electrons. The molecule has 2 radical (unpaired) electrons. The molecule has 4 atom stereocenters. The minimum Gasteiger partial charge on any atom is -0.391 e. The van der Waals surface area contributed by atoms with Gasteiger partial charge in [-0.25, -0.2) is 0 Å². The molecule has 4 unspecified atom stereocenters. The van der Waals surface area contributed by atoms with E-state index in [4.69, 9.17) is 17.1 Å². The third kappa shape index (κ3) is 5.49. The van der Waals surface area contributed by atoms with E-state index in [9.17, 15) is 14.6 Å². The molecule has 0 aliphatic heterocycles. The maximum Gasteiger partial charge on any atom is 0.359 e. The molecule has 0 aliphatic rings. The van der Waals surface area contributed by atoms with Crippen LogP contribution in [-0.2, 0) is 13.8 Å². The first-order valence-corrected chi connectivity index (χ1v) is 8.51. The lowest BCUT2D eigenvalue weighted by Gasteiger charge is -2.38. The second-order valence-corrected chi connectivity index (χ2v) is 8.23. The normalized spacial score (nSPS) is 21.8. The predicted molar refractivity (Wildman–Crippen MR) is 80.9 cm³/mol. The van der Waals surface area contributed by atoms with Crippen molar-refractivity contribution in [3.8, 4) is 0 Å². The Balaban J connectivity index is 4.76. The molecular weight excluding hydrogens is 278 g/mol. The zero-order valence-electron chi connectivity index (χ0n) is 13.4. The quantitative estimate of drug-likeness (QED) is 0.506. The molecule has 0 aliphatic carbocycles. The molecule has 0 aromatic carbocycles. The maximum atomic E-state index is 12.2. The Labute approximate surface area is 124 Å². The highest BCUT2D eigenvalue weighted by Gasteiger charge is 2.46. The highest BCUT2D eigenvalue weighted by atomic mass is 31.2. The number of rotatable bonds is 9. The van der Waals surface area contributed by atoms with Crippen LogP contribution in [0.15, 0.2) is 0 Å². The van der Waals surface area contributed by atoms with Gasteiger partial charge in [0.25, 0.3) is 0 Å². The summed E-state index contributed by atoms with van der Waals surface area (Å²) in [5.41, 5.74) is -0.850. The second kappa shape index (κ2) is 7.41. The van der Waals surface area contributed by atoms with Crippen molar-refractivity contribution in [1.82, 2.24) is 0 Å². The average molecular weight is 306 g/mol. The third-order valence-electron chi connectivity index (χ3n) is 4.01. The Morgan fingerprint density at radius 2 is 1.80 bits per heavy atom. The van der Waals surface area contributed by atoms with E-state index in [1.165, 1.54) is 14.0 Å². The minimum absolute atomic E-state index is 0.0168.